The van der Waals surface area contributed by atoms with Gasteiger partial charge in [-0.2, -0.15) is 0 Å². The van der Waals surface area contributed by atoms with Gasteiger partial charge in [-0.05, 0) is 39.8 Å². The van der Waals surface area contributed by atoms with Crippen molar-refractivity contribution in [3.8, 4) is 0 Å². The van der Waals surface area contributed by atoms with Gasteiger partial charge in [-0.15, -0.1) is 10.2 Å². The van der Waals surface area contributed by atoms with E-state index in [-0.39, 0.29) is 0 Å². The molecule has 2 heterocycles. The molecule has 0 aliphatic carbocycles. The summed E-state index contributed by atoms with van der Waals surface area (Å²) in [4.78, 5) is 0. The Balaban J connectivity index is 2.17. The largest absolute Gasteiger partial charge is 0.317 e. The molecule has 0 saturated carbocycles. The maximum atomic E-state index is 4.25. The lowest BCUT2D eigenvalue weighted by molar-refractivity contribution is 0.420. The first-order valence-electron chi connectivity index (χ1n) is 5.39. The molecule has 1 fully saturated rings. The van der Waals surface area contributed by atoms with Gasteiger partial charge < -0.3 is 9.88 Å². The van der Waals surface area contributed by atoms with E-state index in [0.717, 1.165) is 13.1 Å². The highest BCUT2D eigenvalue weighted by Crippen LogP contribution is 2.24. The molecule has 0 atom stereocenters. The number of hydrogen-bond acceptors (Lipinski definition) is 3. The third-order valence-electron chi connectivity index (χ3n) is 2.86. The molecule has 4 nitrogen and oxygen atoms in total. The first kappa shape index (κ1) is 9.65. The SMILES string of the molecule is CC(C)n1cnnc1C1CCNCC1. The minimum atomic E-state index is 0.467. The van der Waals surface area contributed by atoms with Gasteiger partial charge in [0, 0.05) is 12.0 Å². The summed E-state index contributed by atoms with van der Waals surface area (Å²) in [6, 6.07) is 0.467. The monoisotopic (exact) mass is 194 g/mol. The molecular weight excluding hydrogens is 176 g/mol. The average molecular weight is 194 g/mol. The van der Waals surface area contributed by atoms with Gasteiger partial charge in [0.1, 0.15) is 12.2 Å². The highest BCUT2D eigenvalue weighted by molar-refractivity contribution is 4.99. The van der Waals surface area contributed by atoms with Crippen molar-refractivity contribution in [2.45, 2.75) is 38.6 Å². The second-order valence-electron chi connectivity index (χ2n) is 4.21. The Bertz CT molecular complexity index is 286. The normalized spacial score (nSPS) is 19.1. The van der Waals surface area contributed by atoms with Crippen molar-refractivity contribution >= 4 is 0 Å². The molecule has 1 N–H and O–H groups in total. The summed E-state index contributed by atoms with van der Waals surface area (Å²) in [5, 5.41) is 11.6. The third-order valence-corrected chi connectivity index (χ3v) is 2.86. The molecule has 4 heteroatoms. The Morgan fingerprint density at radius 1 is 1.43 bits per heavy atom. The van der Waals surface area contributed by atoms with Gasteiger partial charge in [0.05, 0.1) is 0 Å². The first-order valence-corrected chi connectivity index (χ1v) is 5.39. The summed E-state index contributed by atoms with van der Waals surface area (Å²) in [5.41, 5.74) is 0. The summed E-state index contributed by atoms with van der Waals surface area (Å²) in [6.45, 7) is 6.56. The van der Waals surface area contributed by atoms with Gasteiger partial charge in [0.2, 0.25) is 0 Å². The van der Waals surface area contributed by atoms with E-state index in [0.29, 0.717) is 12.0 Å². The van der Waals surface area contributed by atoms with Crippen LogP contribution in [0.1, 0.15) is 44.5 Å². The van der Waals surface area contributed by atoms with Crippen molar-refractivity contribution in [3.63, 3.8) is 0 Å². The maximum absolute atomic E-state index is 4.25. The predicted molar refractivity (Wildman–Crippen MR) is 55.3 cm³/mol. The van der Waals surface area contributed by atoms with Crippen molar-refractivity contribution in [1.82, 2.24) is 20.1 Å². The number of rotatable bonds is 2. The molecule has 1 aliphatic rings. The fourth-order valence-electron chi connectivity index (χ4n) is 2.02. The number of hydrogen-bond donors (Lipinski definition) is 1. The van der Waals surface area contributed by atoms with E-state index in [2.05, 4.69) is 33.9 Å². The Kier molecular flexibility index (Phi) is 2.82. The van der Waals surface area contributed by atoms with Gasteiger partial charge in [-0.1, -0.05) is 0 Å². The Morgan fingerprint density at radius 3 is 2.79 bits per heavy atom. The van der Waals surface area contributed by atoms with Crippen LogP contribution >= 0.6 is 0 Å². The van der Waals surface area contributed by atoms with Crippen LogP contribution in [0.15, 0.2) is 6.33 Å². The fraction of sp³-hybridized carbons (Fsp3) is 0.800. The van der Waals surface area contributed by atoms with Gasteiger partial charge in [-0.3, -0.25) is 0 Å². The molecule has 0 unspecified atom stereocenters. The number of piperidine rings is 1. The van der Waals surface area contributed by atoms with E-state index in [1.165, 1.54) is 18.7 Å². The molecule has 1 aliphatic heterocycles. The maximum Gasteiger partial charge on any atom is 0.136 e. The minimum absolute atomic E-state index is 0.467. The molecule has 1 aromatic rings. The van der Waals surface area contributed by atoms with Crippen LogP contribution in [0.2, 0.25) is 0 Å². The average Bonchev–Trinajstić information content (AvgIpc) is 2.67. The van der Waals surface area contributed by atoms with Crippen LogP contribution in [-0.2, 0) is 0 Å². The van der Waals surface area contributed by atoms with E-state index in [9.17, 15) is 0 Å². The lowest BCUT2D eigenvalue weighted by atomic mass is 9.97. The van der Waals surface area contributed by atoms with E-state index < -0.39 is 0 Å². The molecule has 78 valence electrons. The Morgan fingerprint density at radius 2 is 2.14 bits per heavy atom. The molecule has 0 aromatic carbocycles. The standard InChI is InChI=1S/C10H18N4/c1-8(2)14-7-12-13-10(14)9-3-5-11-6-4-9/h7-9,11H,3-6H2,1-2H3. The summed E-state index contributed by atoms with van der Waals surface area (Å²) in [5.74, 6) is 1.77. The molecule has 2 rings (SSSR count). The van der Waals surface area contributed by atoms with Crippen molar-refractivity contribution in [2.24, 2.45) is 0 Å². The molecule has 0 radical (unpaired) electrons. The van der Waals surface area contributed by atoms with Crippen LogP contribution in [-0.4, -0.2) is 27.9 Å². The second-order valence-corrected chi connectivity index (χ2v) is 4.21. The lowest BCUT2D eigenvalue weighted by Crippen LogP contribution is -2.28. The summed E-state index contributed by atoms with van der Waals surface area (Å²) >= 11 is 0. The summed E-state index contributed by atoms with van der Waals surface area (Å²) in [6.07, 6.45) is 4.22. The van der Waals surface area contributed by atoms with Crippen LogP contribution in [0.4, 0.5) is 0 Å². The van der Waals surface area contributed by atoms with Gasteiger partial charge in [0.25, 0.3) is 0 Å². The summed E-state index contributed by atoms with van der Waals surface area (Å²) < 4.78 is 2.19. The van der Waals surface area contributed by atoms with Crippen LogP contribution in [0.25, 0.3) is 0 Å². The van der Waals surface area contributed by atoms with E-state index in [4.69, 9.17) is 0 Å². The van der Waals surface area contributed by atoms with Crippen molar-refractivity contribution < 1.29 is 0 Å². The van der Waals surface area contributed by atoms with Crippen LogP contribution in [0.5, 0.6) is 0 Å². The zero-order valence-electron chi connectivity index (χ0n) is 8.90. The van der Waals surface area contributed by atoms with Gasteiger partial charge in [-0.25, -0.2) is 0 Å². The van der Waals surface area contributed by atoms with E-state index in [1.54, 1.807) is 0 Å². The Labute approximate surface area is 84.7 Å². The van der Waals surface area contributed by atoms with E-state index in [1.807, 2.05) is 6.33 Å². The molecule has 1 aromatic heterocycles. The molecule has 0 bridgehead atoms. The van der Waals surface area contributed by atoms with Crippen molar-refractivity contribution in [2.75, 3.05) is 13.1 Å². The second kappa shape index (κ2) is 4.09. The highest BCUT2D eigenvalue weighted by Gasteiger charge is 2.21. The van der Waals surface area contributed by atoms with Crippen LogP contribution in [0.3, 0.4) is 0 Å². The van der Waals surface area contributed by atoms with Crippen molar-refractivity contribution in [3.05, 3.63) is 12.2 Å². The first-order chi connectivity index (χ1) is 6.79. The van der Waals surface area contributed by atoms with Crippen LogP contribution < -0.4 is 5.32 Å². The zero-order chi connectivity index (χ0) is 9.97. The van der Waals surface area contributed by atoms with Crippen LogP contribution in [0, 0.1) is 0 Å². The predicted octanol–water partition coefficient (Wildman–Crippen LogP) is 1.33. The third kappa shape index (κ3) is 1.80. The van der Waals surface area contributed by atoms with Gasteiger partial charge in [0.15, 0.2) is 0 Å². The van der Waals surface area contributed by atoms with Crippen molar-refractivity contribution in [1.29, 1.82) is 0 Å². The number of nitrogens with zero attached hydrogens (tertiary/aromatic N) is 3. The molecule has 1 saturated heterocycles. The fourth-order valence-corrected chi connectivity index (χ4v) is 2.02. The summed E-state index contributed by atoms with van der Waals surface area (Å²) in [7, 11) is 0. The molecule has 14 heavy (non-hydrogen) atoms. The topological polar surface area (TPSA) is 42.7 Å². The minimum Gasteiger partial charge on any atom is -0.317 e. The molecule has 0 spiro atoms. The molecule has 0 amide bonds. The quantitative estimate of drug-likeness (QED) is 0.772. The zero-order valence-corrected chi connectivity index (χ0v) is 8.90. The Hall–Kier alpha value is -0.900. The highest BCUT2D eigenvalue weighted by atomic mass is 15.3. The number of aromatic nitrogens is 3. The molecular formula is C10H18N4. The van der Waals surface area contributed by atoms with E-state index >= 15 is 0 Å². The smallest absolute Gasteiger partial charge is 0.136 e. The lowest BCUT2D eigenvalue weighted by Gasteiger charge is -2.23. The number of nitrogens with one attached hydrogen (secondary N) is 1. The van der Waals surface area contributed by atoms with Gasteiger partial charge >= 0.3 is 0 Å².